The summed E-state index contributed by atoms with van der Waals surface area (Å²) in [5, 5.41) is 15.8. The second kappa shape index (κ2) is 11.3. The second-order valence-corrected chi connectivity index (χ2v) is 11.8. The summed E-state index contributed by atoms with van der Waals surface area (Å²) in [6.45, 7) is 6.12. The Kier molecular flexibility index (Phi) is 8.59. The standard InChI is InChI=1S/C27H33FN4O4S/c1-5-19-6-11-23(28)22(16-19)25(33)30-24(18(2)3)26(34)32-14-12-27(17-29,13-15-32)31-20-7-9-21(10-8-20)37(4,35)36/h6-11,16,18,24,31H,5,12-15H2,1-4H3,(H,30,33)/t24-/m1/s1. The van der Waals surface area contributed by atoms with Crippen LogP contribution in [-0.2, 0) is 21.1 Å². The molecule has 0 aliphatic carbocycles. The number of amides is 2. The number of nitrogens with zero attached hydrogens (tertiary/aromatic N) is 2. The molecule has 2 N–H and O–H groups in total. The lowest BCUT2D eigenvalue weighted by molar-refractivity contribution is -0.135. The third kappa shape index (κ3) is 6.66. The summed E-state index contributed by atoms with van der Waals surface area (Å²) in [6.07, 6.45) is 2.46. The predicted molar refractivity (Wildman–Crippen MR) is 139 cm³/mol. The van der Waals surface area contributed by atoms with Crippen molar-refractivity contribution < 1.29 is 22.4 Å². The number of rotatable bonds is 8. The van der Waals surface area contributed by atoms with Crippen molar-refractivity contribution in [3.05, 3.63) is 59.4 Å². The van der Waals surface area contributed by atoms with Gasteiger partial charge in [0.2, 0.25) is 5.91 Å². The summed E-state index contributed by atoms with van der Waals surface area (Å²) in [5.74, 6) is -1.79. The smallest absolute Gasteiger partial charge is 0.254 e. The van der Waals surface area contributed by atoms with Crippen LogP contribution in [-0.4, -0.2) is 56.1 Å². The molecular weight excluding hydrogens is 495 g/mol. The number of halogens is 1. The topological polar surface area (TPSA) is 119 Å². The van der Waals surface area contributed by atoms with E-state index in [1.807, 2.05) is 20.8 Å². The summed E-state index contributed by atoms with van der Waals surface area (Å²) in [5.41, 5.74) is 0.411. The van der Waals surface area contributed by atoms with E-state index in [4.69, 9.17) is 0 Å². The van der Waals surface area contributed by atoms with E-state index in [0.717, 1.165) is 11.8 Å². The van der Waals surface area contributed by atoms with Gasteiger partial charge in [-0.05, 0) is 54.3 Å². The molecule has 0 unspecified atom stereocenters. The van der Waals surface area contributed by atoms with E-state index >= 15 is 0 Å². The summed E-state index contributed by atoms with van der Waals surface area (Å²) >= 11 is 0. The molecule has 1 atom stereocenters. The van der Waals surface area contributed by atoms with Gasteiger partial charge in [-0.25, -0.2) is 12.8 Å². The fraction of sp³-hybridized carbons (Fsp3) is 0.444. The average Bonchev–Trinajstić information content (AvgIpc) is 2.87. The van der Waals surface area contributed by atoms with Gasteiger partial charge in [0.25, 0.3) is 5.91 Å². The summed E-state index contributed by atoms with van der Waals surface area (Å²) in [6, 6.07) is 12.1. The summed E-state index contributed by atoms with van der Waals surface area (Å²) in [4.78, 5) is 28.0. The van der Waals surface area contributed by atoms with Crippen LogP contribution in [0.3, 0.4) is 0 Å². The van der Waals surface area contributed by atoms with Gasteiger partial charge in [0.05, 0.1) is 16.5 Å². The molecule has 37 heavy (non-hydrogen) atoms. The van der Waals surface area contributed by atoms with Crippen LogP contribution in [0, 0.1) is 23.1 Å². The number of likely N-dealkylation sites (tertiary alicyclic amines) is 1. The van der Waals surface area contributed by atoms with Gasteiger partial charge in [-0.2, -0.15) is 5.26 Å². The monoisotopic (exact) mass is 528 g/mol. The molecule has 2 aromatic carbocycles. The number of carbonyl (C=O) groups excluding carboxylic acids is 2. The van der Waals surface area contributed by atoms with Crippen LogP contribution in [0.1, 0.15) is 49.5 Å². The van der Waals surface area contributed by atoms with E-state index in [1.165, 1.54) is 24.3 Å². The van der Waals surface area contributed by atoms with Crippen molar-refractivity contribution in [2.24, 2.45) is 5.92 Å². The number of carbonyl (C=O) groups is 2. The number of anilines is 1. The predicted octanol–water partition coefficient (Wildman–Crippen LogP) is 3.54. The van der Waals surface area contributed by atoms with Crippen LogP contribution in [0.5, 0.6) is 0 Å². The number of aryl methyl sites for hydroxylation is 1. The second-order valence-electron chi connectivity index (χ2n) is 9.80. The summed E-state index contributed by atoms with van der Waals surface area (Å²) < 4.78 is 37.7. The number of nitrogens with one attached hydrogen (secondary N) is 2. The highest BCUT2D eigenvalue weighted by Crippen LogP contribution is 2.28. The van der Waals surface area contributed by atoms with Crippen molar-refractivity contribution in [1.29, 1.82) is 5.26 Å². The molecule has 1 aliphatic rings. The lowest BCUT2D eigenvalue weighted by Crippen LogP contribution is -2.56. The Morgan fingerprint density at radius 2 is 1.76 bits per heavy atom. The molecule has 198 valence electrons. The first-order valence-corrected chi connectivity index (χ1v) is 14.2. The van der Waals surface area contributed by atoms with Crippen LogP contribution in [0.25, 0.3) is 0 Å². The maximum absolute atomic E-state index is 14.3. The third-order valence-corrected chi connectivity index (χ3v) is 7.84. The van der Waals surface area contributed by atoms with Gasteiger partial charge < -0.3 is 15.5 Å². The maximum atomic E-state index is 14.3. The first kappa shape index (κ1) is 28.1. The molecule has 10 heteroatoms. The Hall–Kier alpha value is -3.45. The van der Waals surface area contributed by atoms with E-state index in [0.29, 0.717) is 38.0 Å². The molecule has 0 aromatic heterocycles. The highest BCUT2D eigenvalue weighted by atomic mass is 32.2. The first-order chi connectivity index (χ1) is 17.4. The SMILES string of the molecule is CCc1ccc(F)c(C(=O)N[C@@H](C(=O)N2CCC(C#N)(Nc3ccc(S(C)(=O)=O)cc3)CC2)C(C)C)c1. The number of nitriles is 1. The van der Waals surface area contributed by atoms with Gasteiger partial charge in [-0.15, -0.1) is 0 Å². The lowest BCUT2D eigenvalue weighted by atomic mass is 9.88. The van der Waals surface area contributed by atoms with Crippen LogP contribution >= 0.6 is 0 Å². The van der Waals surface area contributed by atoms with E-state index in [-0.39, 0.29) is 22.3 Å². The number of hydrogen-bond acceptors (Lipinski definition) is 6. The number of hydrogen-bond donors (Lipinski definition) is 2. The van der Waals surface area contributed by atoms with Crippen LogP contribution in [0.2, 0.25) is 0 Å². The normalized spacial score (nSPS) is 16.1. The molecule has 0 bridgehead atoms. The molecule has 2 aromatic rings. The number of sulfone groups is 1. The minimum absolute atomic E-state index is 0.0916. The van der Waals surface area contributed by atoms with Gasteiger partial charge in [0.1, 0.15) is 17.4 Å². The Labute approximate surface area is 217 Å². The molecule has 0 radical (unpaired) electrons. The van der Waals surface area contributed by atoms with Crippen LogP contribution in [0.4, 0.5) is 10.1 Å². The molecule has 3 rings (SSSR count). The highest BCUT2D eigenvalue weighted by Gasteiger charge is 2.38. The largest absolute Gasteiger partial charge is 0.367 e. The zero-order chi connectivity index (χ0) is 27.4. The zero-order valence-electron chi connectivity index (χ0n) is 21.5. The number of piperidine rings is 1. The van der Waals surface area contributed by atoms with Gasteiger partial charge in [0.15, 0.2) is 9.84 Å². The Balaban J connectivity index is 1.68. The van der Waals surface area contributed by atoms with Crippen molar-refractivity contribution in [2.45, 2.75) is 56.5 Å². The van der Waals surface area contributed by atoms with Crippen LogP contribution < -0.4 is 10.6 Å². The Morgan fingerprint density at radius 1 is 1.14 bits per heavy atom. The molecule has 1 heterocycles. The first-order valence-electron chi connectivity index (χ1n) is 12.3. The van der Waals surface area contributed by atoms with Crippen molar-refractivity contribution in [3.63, 3.8) is 0 Å². The molecule has 1 saturated heterocycles. The Morgan fingerprint density at radius 3 is 2.27 bits per heavy atom. The molecule has 2 amide bonds. The highest BCUT2D eigenvalue weighted by molar-refractivity contribution is 7.90. The van der Waals surface area contributed by atoms with Crippen molar-refractivity contribution in [1.82, 2.24) is 10.2 Å². The molecule has 0 saturated carbocycles. The lowest BCUT2D eigenvalue weighted by Gasteiger charge is -2.40. The summed E-state index contributed by atoms with van der Waals surface area (Å²) in [7, 11) is -3.33. The van der Waals surface area contributed by atoms with Gasteiger partial charge in [-0.1, -0.05) is 26.8 Å². The molecule has 8 nitrogen and oxygen atoms in total. The fourth-order valence-electron chi connectivity index (χ4n) is 4.33. The van der Waals surface area contributed by atoms with E-state index in [1.54, 1.807) is 23.1 Å². The molecule has 1 fully saturated rings. The van der Waals surface area contributed by atoms with Gasteiger partial charge in [-0.3, -0.25) is 9.59 Å². The van der Waals surface area contributed by atoms with Gasteiger partial charge >= 0.3 is 0 Å². The van der Waals surface area contributed by atoms with E-state index in [9.17, 15) is 27.7 Å². The van der Waals surface area contributed by atoms with E-state index < -0.39 is 33.1 Å². The number of benzene rings is 2. The molecule has 1 aliphatic heterocycles. The van der Waals surface area contributed by atoms with Crippen molar-refractivity contribution in [3.8, 4) is 6.07 Å². The van der Waals surface area contributed by atoms with E-state index in [2.05, 4.69) is 16.7 Å². The molecule has 0 spiro atoms. The average molecular weight is 529 g/mol. The minimum Gasteiger partial charge on any atom is -0.367 e. The third-order valence-electron chi connectivity index (χ3n) is 6.71. The van der Waals surface area contributed by atoms with Crippen LogP contribution in [0.15, 0.2) is 47.4 Å². The quantitative estimate of drug-likeness (QED) is 0.541. The minimum atomic E-state index is -3.33. The fourth-order valence-corrected chi connectivity index (χ4v) is 4.96. The van der Waals surface area contributed by atoms with Crippen molar-refractivity contribution in [2.75, 3.05) is 24.7 Å². The maximum Gasteiger partial charge on any atom is 0.254 e. The Bertz CT molecular complexity index is 1290. The van der Waals surface area contributed by atoms with Gasteiger partial charge in [0, 0.05) is 37.9 Å². The molecular formula is C27H33FN4O4S. The van der Waals surface area contributed by atoms with Crippen molar-refractivity contribution >= 4 is 27.3 Å². The zero-order valence-corrected chi connectivity index (χ0v) is 22.4.